The molecule has 0 atom stereocenters. The molecule has 2 N–H and O–H groups in total. The Bertz CT molecular complexity index is 1260. The molecule has 1 saturated heterocycles. The molecule has 0 amide bonds. The van der Waals surface area contributed by atoms with Gasteiger partial charge in [-0.1, -0.05) is 12.1 Å². The number of fused-ring (bicyclic) bond motifs is 1. The lowest BCUT2D eigenvalue weighted by Gasteiger charge is -2.27. The molecule has 4 aromatic rings. The lowest BCUT2D eigenvalue weighted by Crippen LogP contribution is -2.50. The highest BCUT2D eigenvalue weighted by Gasteiger charge is 2.23. The number of nitrogens with one attached hydrogen (secondary N) is 1. The van der Waals surface area contributed by atoms with Gasteiger partial charge >= 0.3 is 0 Å². The van der Waals surface area contributed by atoms with E-state index in [0.717, 1.165) is 18.8 Å². The van der Waals surface area contributed by atoms with Gasteiger partial charge in [-0.25, -0.2) is 4.39 Å². The van der Waals surface area contributed by atoms with Gasteiger partial charge in [-0.2, -0.15) is 0 Å². The maximum absolute atomic E-state index is 13.7. The molecule has 7 heteroatoms. The molecule has 0 radical (unpaired) electrons. The lowest BCUT2D eigenvalue weighted by molar-refractivity contribution is 0.104. The zero-order chi connectivity index (χ0) is 21.4. The quantitative estimate of drug-likeness (QED) is 0.412. The minimum Gasteiger partial charge on any atom is -0.508 e. The molecule has 0 aliphatic carbocycles. The molecule has 0 unspecified atom stereocenters. The Labute approximate surface area is 181 Å². The van der Waals surface area contributed by atoms with Crippen molar-refractivity contribution in [2.75, 3.05) is 13.1 Å². The molecule has 1 aliphatic heterocycles. The number of thiophene rings is 1. The molecule has 1 aromatic heterocycles. The van der Waals surface area contributed by atoms with Crippen LogP contribution in [0.25, 0.3) is 10.1 Å². The van der Waals surface area contributed by atoms with E-state index in [4.69, 9.17) is 9.47 Å². The van der Waals surface area contributed by atoms with Gasteiger partial charge in [-0.05, 0) is 54.6 Å². The number of benzene rings is 3. The van der Waals surface area contributed by atoms with E-state index in [1.54, 1.807) is 36.4 Å². The third-order valence-corrected chi connectivity index (χ3v) is 6.14. The Kier molecular flexibility index (Phi) is 5.05. The average molecular weight is 435 g/mol. The van der Waals surface area contributed by atoms with Gasteiger partial charge in [0.05, 0.1) is 0 Å². The van der Waals surface area contributed by atoms with Gasteiger partial charge in [0.15, 0.2) is 5.75 Å². The number of phenolic OH excluding ortho intramolecular Hbond substituents is 1. The molecule has 156 valence electrons. The Hall–Kier alpha value is -3.42. The van der Waals surface area contributed by atoms with Gasteiger partial charge in [-0.3, -0.25) is 4.79 Å². The van der Waals surface area contributed by atoms with E-state index >= 15 is 0 Å². The normalized spacial score (nSPS) is 13.7. The maximum atomic E-state index is 13.7. The SMILES string of the molecule is O=C(c1cccc(F)c1)c1sc2cc(O)ccc2c1Oc1ccc(OC2CNC2)cc1. The van der Waals surface area contributed by atoms with Gasteiger partial charge in [0, 0.05) is 28.7 Å². The van der Waals surface area contributed by atoms with Crippen molar-refractivity contribution in [2.24, 2.45) is 0 Å². The van der Waals surface area contributed by atoms with Crippen molar-refractivity contribution < 1.29 is 23.8 Å². The van der Waals surface area contributed by atoms with Crippen LogP contribution in [0.3, 0.4) is 0 Å². The number of aromatic hydroxyl groups is 1. The van der Waals surface area contributed by atoms with Gasteiger partial charge < -0.3 is 19.9 Å². The average Bonchev–Trinajstić information content (AvgIpc) is 3.08. The van der Waals surface area contributed by atoms with Crippen molar-refractivity contribution in [3.05, 3.63) is 83.0 Å². The van der Waals surface area contributed by atoms with Crippen molar-refractivity contribution in [3.63, 3.8) is 0 Å². The summed E-state index contributed by atoms with van der Waals surface area (Å²) in [5.74, 6) is 0.940. The molecule has 31 heavy (non-hydrogen) atoms. The van der Waals surface area contributed by atoms with Crippen molar-refractivity contribution in [3.8, 4) is 23.0 Å². The predicted octanol–water partition coefficient (Wildman–Crippen LogP) is 5.12. The van der Waals surface area contributed by atoms with E-state index in [0.29, 0.717) is 26.5 Å². The Balaban J connectivity index is 1.50. The third-order valence-electron chi connectivity index (χ3n) is 5.01. The Morgan fingerprint density at radius 3 is 2.52 bits per heavy atom. The molecule has 5 rings (SSSR count). The summed E-state index contributed by atoms with van der Waals surface area (Å²) in [7, 11) is 0. The summed E-state index contributed by atoms with van der Waals surface area (Å²) in [6.07, 6.45) is 0.177. The molecule has 0 spiro atoms. The first kappa shape index (κ1) is 19.5. The highest BCUT2D eigenvalue weighted by molar-refractivity contribution is 7.21. The molecular weight excluding hydrogens is 417 g/mol. The monoisotopic (exact) mass is 435 g/mol. The first-order valence-electron chi connectivity index (χ1n) is 9.78. The molecule has 3 aromatic carbocycles. The molecule has 2 heterocycles. The van der Waals surface area contributed by atoms with Crippen LogP contribution in [0.1, 0.15) is 15.2 Å². The first-order valence-corrected chi connectivity index (χ1v) is 10.6. The van der Waals surface area contributed by atoms with Gasteiger partial charge in [-0.15, -0.1) is 11.3 Å². The van der Waals surface area contributed by atoms with Gasteiger partial charge in [0.2, 0.25) is 5.78 Å². The highest BCUT2D eigenvalue weighted by atomic mass is 32.1. The van der Waals surface area contributed by atoms with Crippen LogP contribution in [0, 0.1) is 5.82 Å². The number of phenols is 1. The largest absolute Gasteiger partial charge is 0.508 e. The second kappa shape index (κ2) is 8.02. The van der Waals surface area contributed by atoms with E-state index in [1.807, 2.05) is 12.1 Å². The standard InChI is InChI=1S/C24H18FNO4S/c25-15-3-1-2-14(10-15)22(28)24-23(20-9-4-16(27)11-21(20)31-24)30-18-7-5-17(6-8-18)29-19-12-26-13-19/h1-11,19,26-27H,12-13H2. The smallest absolute Gasteiger partial charge is 0.206 e. The van der Waals surface area contributed by atoms with Crippen LogP contribution in [0.2, 0.25) is 0 Å². The van der Waals surface area contributed by atoms with Crippen LogP contribution in [0.4, 0.5) is 4.39 Å². The summed E-state index contributed by atoms with van der Waals surface area (Å²) >= 11 is 1.20. The topological polar surface area (TPSA) is 67.8 Å². The minimum atomic E-state index is -0.482. The van der Waals surface area contributed by atoms with E-state index in [1.165, 1.54) is 29.5 Å². The second-order valence-corrected chi connectivity index (χ2v) is 8.30. The summed E-state index contributed by atoms with van der Waals surface area (Å²) in [5, 5.41) is 13.7. The van der Waals surface area contributed by atoms with E-state index in [-0.39, 0.29) is 23.2 Å². The fourth-order valence-electron chi connectivity index (χ4n) is 3.32. The molecular formula is C24H18FNO4S. The highest BCUT2D eigenvalue weighted by Crippen LogP contribution is 2.42. The number of carbonyl (C=O) groups excluding carboxylic acids is 1. The van der Waals surface area contributed by atoms with Crippen LogP contribution < -0.4 is 14.8 Å². The summed E-state index contributed by atoms with van der Waals surface area (Å²) in [4.78, 5) is 13.5. The zero-order valence-electron chi connectivity index (χ0n) is 16.3. The molecule has 0 bridgehead atoms. The number of halogens is 1. The lowest BCUT2D eigenvalue weighted by atomic mass is 10.1. The van der Waals surface area contributed by atoms with E-state index < -0.39 is 5.82 Å². The summed E-state index contributed by atoms with van der Waals surface area (Å²) < 4.78 is 26.3. The Morgan fingerprint density at radius 2 is 1.81 bits per heavy atom. The number of hydrogen-bond donors (Lipinski definition) is 2. The van der Waals surface area contributed by atoms with Gasteiger partial charge in [0.1, 0.15) is 34.0 Å². The van der Waals surface area contributed by atoms with E-state index in [2.05, 4.69) is 5.32 Å². The van der Waals surface area contributed by atoms with Crippen LogP contribution in [0.15, 0.2) is 66.7 Å². The fraction of sp³-hybridized carbons (Fsp3) is 0.125. The third kappa shape index (κ3) is 3.97. The first-order chi connectivity index (χ1) is 15.1. The Morgan fingerprint density at radius 1 is 1.03 bits per heavy atom. The molecule has 1 aliphatic rings. The number of rotatable bonds is 6. The minimum absolute atomic E-state index is 0.0945. The van der Waals surface area contributed by atoms with Crippen molar-refractivity contribution in [1.29, 1.82) is 0 Å². The van der Waals surface area contributed by atoms with Crippen molar-refractivity contribution in [1.82, 2.24) is 5.32 Å². The van der Waals surface area contributed by atoms with Crippen LogP contribution in [-0.4, -0.2) is 30.1 Å². The summed E-state index contributed by atoms with van der Waals surface area (Å²) in [6, 6.07) is 17.6. The summed E-state index contributed by atoms with van der Waals surface area (Å²) in [6.45, 7) is 1.66. The van der Waals surface area contributed by atoms with Gasteiger partial charge in [0.25, 0.3) is 0 Å². The fourth-order valence-corrected chi connectivity index (χ4v) is 4.44. The predicted molar refractivity (Wildman–Crippen MR) is 117 cm³/mol. The number of hydrogen-bond acceptors (Lipinski definition) is 6. The molecule has 0 saturated carbocycles. The van der Waals surface area contributed by atoms with Crippen molar-refractivity contribution in [2.45, 2.75) is 6.10 Å². The zero-order valence-corrected chi connectivity index (χ0v) is 17.1. The van der Waals surface area contributed by atoms with E-state index in [9.17, 15) is 14.3 Å². The van der Waals surface area contributed by atoms with Crippen LogP contribution in [-0.2, 0) is 0 Å². The number of ether oxygens (including phenoxy) is 2. The van der Waals surface area contributed by atoms with Crippen LogP contribution in [0.5, 0.6) is 23.0 Å². The van der Waals surface area contributed by atoms with Crippen molar-refractivity contribution >= 4 is 27.2 Å². The number of ketones is 1. The summed E-state index contributed by atoms with van der Waals surface area (Å²) in [5.41, 5.74) is 0.235. The second-order valence-electron chi connectivity index (χ2n) is 7.25. The van der Waals surface area contributed by atoms with Crippen LogP contribution >= 0.6 is 11.3 Å². The molecule has 1 fully saturated rings. The molecule has 5 nitrogen and oxygen atoms in total. The maximum Gasteiger partial charge on any atom is 0.206 e. The number of carbonyl (C=O) groups is 1.